The molecule has 1 atom stereocenters. The van der Waals surface area contributed by atoms with Crippen LogP contribution in [0, 0.1) is 5.82 Å². The molecule has 1 aliphatic heterocycles. The van der Waals surface area contributed by atoms with Gasteiger partial charge in [-0.25, -0.2) is 14.2 Å². The van der Waals surface area contributed by atoms with Gasteiger partial charge in [0.15, 0.2) is 0 Å². The molecule has 2 N–H and O–H groups in total. The zero-order valence-electron chi connectivity index (χ0n) is 20.6. The Hall–Kier alpha value is -3.69. The molecular weight excluding hydrogens is 469 g/mol. The second-order valence-corrected chi connectivity index (χ2v) is 9.71. The number of methoxy groups -OCH3 is 1. The van der Waals surface area contributed by atoms with E-state index in [-0.39, 0.29) is 37.2 Å². The molecule has 1 aromatic heterocycles. The minimum Gasteiger partial charge on any atom is -0.481 e. The summed E-state index contributed by atoms with van der Waals surface area (Å²) in [6, 6.07) is 5.33. The summed E-state index contributed by atoms with van der Waals surface area (Å²) < 4.78 is 25.5. The second-order valence-electron chi connectivity index (χ2n) is 9.71. The molecule has 2 aliphatic rings. The van der Waals surface area contributed by atoms with Crippen molar-refractivity contribution in [3.63, 3.8) is 0 Å². The summed E-state index contributed by atoms with van der Waals surface area (Å²) in [6.07, 6.45) is 1.21. The summed E-state index contributed by atoms with van der Waals surface area (Å²) in [5.74, 6) is -1.49. The molecule has 0 saturated heterocycles. The van der Waals surface area contributed by atoms with Gasteiger partial charge >= 0.3 is 12.1 Å². The van der Waals surface area contributed by atoms with E-state index in [1.54, 1.807) is 18.2 Å². The first-order chi connectivity index (χ1) is 17.1. The number of ether oxygens (including phenoxy) is 2. The summed E-state index contributed by atoms with van der Waals surface area (Å²) >= 11 is 0. The van der Waals surface area contributed by atoms with E-state index in [4.69, 9.17) is 14.6 Å². The lowest BCUT2D eigenvalue weighted by molar-refractivity contribution is -0.137. The molecule has 4 rings (SSSR count). The number of carbonyl (C=O) groups is 3. The van der Waals surface area contributed by atoms with Crippen LogP contribution in [0.4, 0.5) is 14.9 Å². The number of aliphatic carboxylic acids is 1. The van der Waals surface area contributed by atoms with Crippen LogP contribution in [0.3, 0.4) is 0 Å². The normalized spacial score (nSPS) is 17.7. The van der Waals surface area contributed by atoms with Crippen molar-refractivity contribution in [3.05, 3.63) is 52.5 Å². The number of fused-ring (bicyclic) bond motifs is 2. The van der Waals surface area contributed by atoms with Gasteiger partial charge in [0, 0.05) is 36.7 Å². The zero-order chi connectivity index (χ0) is 26.0. The van der Waals surface area contributed by atoms with E-state index in [9.17, 15) is 18.8 Å². The number of nitrogens with zero attached hydrogens (tertiary/aromatic N) is 2. The maximum atomic E-state index is 15.0. The fourth-order valence-electron chi connectivity index (χ4n) is 5.00. The molecule has 0 fully saturated rings. The van der Waals surface area contributed by atoms with Gasteiger partial charge in [-0.05, 0) is 54.0 Å². The standard InChI is InChI=1S/C26H30FN3O6/c1-26(2)10-8-15-13-16(14-18(27)22(15)26)28-24(33)23-17-6-7-20(35-3)29-19(17)9-11-30(23)25(34)36-12-4-5-21(31)32/h6-7,13-14,23H,4-5,8-12H2,1-3H3,(H,28,33)(H,31,32)/t23-/m1/s1. The van der Waals surface area contributed by atoms with E-state index in [1.165, 1.54) is 18.1 Å². The summed E-state index contributed by atoms with van der Waals surface area (Å²) in [7, 11) is 1.49. The van der Waals surface area contributed by atoms with Gasteiger partial charge in [0.2, 0.25) is 5.88 Å². The molecule has 9 nitrogen and oxygen atoms in total. The van der Waals surface area contributed by atoms with Gasteiger partial charge in [0.1, 0.15) is 11.9 Å². The number of carbonyl (C=O) groups excluding carboxylic acids is 2. The molecule has 0 spiro atoms. The predicted octanol–water partition coefficient (Wildman–Crippen LogP) is 3.99. The molecule has 0 unspecified atom stereocenters. The van der Waals surface area contributed by atoms with Crippen LogP contribution in [0.25, 0.3) is 0 Å². The van der Waals surface area contributed by atoms with Crippen LogP contribution in [0.5, 0.6) is 5.88 Å². The lowest BCUT2D eigenvalue weighted by atomic mass is 9.86. The smallest absolute Gasteiger partial charge is 0.410 e. The van der Waals surface area contributed by atoms with Crippen molar-refractivity contribution in [1.82, 2.24) is 9.88 Å². The fourth-order valence-corrected chi connectivity index (χ4v) is 5.00. The maximum absolute atomic E-state index is 15.0. The second kappa shape index (κ2) is 10.1. The molecule has 2 heterocycles. The van der Waals surface area contributed by atoms with Crippen LogP contribution in [-0.4, -0.2) is 53.2 Å². The first-order valence-electron chi connectivity index (χ1n) is 11.9. The predicted molar refractivity (Wildman–Crippen MR) is 129 cm³/mol. The Morgan fingerprint density at radius 3 is 2.75 bits per heavy atom. The van der Waals surface area contributed by atoms with Crippen LogP contribution < -0.4 is 10.1 Å². The number of aryl methyl sites for hydroxylation is 1. The van der Waals surface area contributed by atoms with E-state index in [1.807, 2.05) is 13.8 Å². The van der Waals surface area contributed by atoms with Crippen molar-refractivity contribution in [3.8, 4) is 5.88 Å². The average Bonchev–Trinajstić information content (AvgIpc) is 3.14. The number of pyridine rings is 1. The number of halogens is 1. The van der Waals surface area contributed by atoms with Crippen molar-refractivity contribution in [2.75, 3.05) is 25.6 Å². The number of benzene rings is 1. The Morgan fingerprint density at radius 1 is 1.25 bits per heavy atom. The number of hydrogen-bond acceptors (Lipinski definition) is 6. The summed E-state index contributed by atoms with van der Waals surface area (Å²) in [5, 5.41) is 11.6. The van der Waals surface area contributed by atoms with Crippen LogP contribution in [0.1, 0.15) is 61.5 Å². The minimum absolute atomic E-state index is 0.0878. The molecule has 0 bridgehead atoms. The molecule has 1 aliphatic carbocycles. The van der Waals surface area contributed by atoms with E-state index < -0.39 is 24.0 Å². The number of amides is 2. The molecule has 192 valence electrons. The van der Waals surface area contributed by atoms with Crippen molar-refractivity contribution < 1.29 is 33.4 Å². The highest BCUT2D eigenvalue weighted by Gasteiger charge is 2.39. The minimum atomic E-state index is -1.06. The van der Waals surface area contributed by atoms with Gasteiger partial charge in [-0.3, -0.25) is 14.5 Å². The van der Waals surface area contributed by atoms with Crippen LogP contribution in [-0.2, 0) is 32.6 Å². The molecule has 10 heteroatoms. The number of nitrogens with one attached hydrogen (secondary N) is 1. The van der Waals surface area contributed by atoms with Crippen molar-refractivity contribution in [2.45, 2.75) is 57.4 Å². The number of rotatable bonds is 7. The van der Waals surface area contributed by atoms with Crippen LogP contribution in [0.15, 0.2) is 24.3 Å². The Labute approximate surface area is 208 Å². The van der Waals surface area contributed by atoms with Gasteiger partial charge in [-0.2, -0.15) is 0 Å². The van der Waals surface area contributed by atoms with E-state index >= 15 is 0 Å². The molecule has 2 amide bonds. The van der Waals surface area contributed by atoms with Crippen molar-refractivity contribution in [1.29, 1.82) is 0 Å². The largest absolute Gasteiger partial charge is 0.481 e. The molecular formula is C26H30FN3O6. The summed E-state index contributed by atoms with van der Waals surface area (Å²) in [6.45, 7) is 4.08. The third kappa shape index (κ3) is 5.12. The third-order valence-corrected chi connectivity index (χ3v) is 6.77. The SMILES string of the molecule is COc1ccc2c(n1)CCN(C(=O)OCCCC(=O)O)[C@H]2C(=O)Nc1cc(F)c2c(c1)CCC2(C)C. The van der Waals surface area contributed by atoms with Crippen molar-refractivity contribution in [2.24, 2.45) is 0 Å². The lowest BCUT2D eigenvalue weighted by Crippen LogP contribution is -2.46. The van der Waals surface area contributed by atoms with Gasteiger partial charge in [-0.1, -0.05) is 13.8 Å². The van der Waals surface area contributed by atoms with Gasteiger partial charge in [-0.15, -0.1) is 0 Å². The molecule has 0 saturated carbocycles. The number of aromatic nitrogens is 1. The quantitative estimate of drug-likeness (QED) is 0.553. The Balaban J connectivity index is 1.60. The highest BCUT2D eigenvalue weighted by atomic mass is 19.1. The highest BCUT2D eigenvalue weighted by molar-refractivity contribution is 5.98. The highest BCUT2D eigenvalue weighted by Crippen LogP contribution is 2.41. The molecule has 0 radical (unpaired) electrons. The molecule has 36 heavy (non-hydrogen) atoms. The Morgan fingerprint density at radius 2 is 2.03 bits per heavy atom. The number of anilines is 1. The first kappa shape index (κ1) is 25.4. The van der Waals surface area contributed by atoms with E-state index in [0.29, 0.717) is 41.2 Å². The molecule has 2 aromatic rings. The van der Waals surface area contributed by atoms with E-state index in [0.717, 1.165) is 12.0 Å². The van der Waals surface area contributed by atoms with Gasteiger partial charge in [0.25, 0.3) is 5.91 Å². The Kier molecular flexibility index (Phi) is 7.14. The van der Waals surface area contributed by atoms with Crippen molar-refractivity contribution >= 4 is 23.7 Å². The third-order valence-electron chi connectivity index (χ3n) is 6.77. The number of carboxylic acids is 1. The Bertz CT molecular complexity index is 1200. The zero-order valence-corrected chi connectivity index (χ0v) is 20.6. The van der Waals surface area contributed by atoms with Crippen LogP contribution in [0.2, 0.25) is 0 Å². The first-order valence-corrected chi connectivity index (χ1v) is 11.9. The number of carboxylic acid groups (broad SMARTS) is 1. The monoisotopic (exact) mass is 499 g/mol. The van der Waals surface area contributed by atoms with Crippen LogP contribution >= 0.6 is 0 Å². The van der Waals surface area contributed by atoms with E-state index in [2.05, 4.69) is 10.3 Å². The topological polar surface area (TPSA) is 118 Å². The average molecular weight is 500 g/mol. The van der Waals surface area contributed by atoms with Gasteiger partial charge < -0.3 is 19.9 Å². The van der Waals surface area contributed by atoms with Gasteiger partial charge in [0.05, 0.1) is 19.4 Å². The number of hydrogen-bond donors (Lipinski definition) is 2. The fraction of sp³-hybridized carbons (Fsp3) is 0.462. The molecule has 1 aromatic carbocycles. The maximum Gasteiger partial charge on any atom is 0.410 e. The summed E-state index contributed by atoms with van der Waals surface area (Å²) in [5.41, 5.74) is 2.72. The summed E-state index contributed by atoms with van der Waals surface area (Å²) in [4.78, 5) is 42.9. The lowest BCUT2D eigenvalue weighted by Gasteiger charge is -2.35.